The second-order valence-electron chi connectivity index (χ2n) is 2.65. The molecule has 0 saturated heterocycles. The van der Waals surface area contributed by atoms with E-state index < -0.39 is 19.2 Å². The van der Waals surface area contributed by atoms with Crippen LogP contribution in [0.25, 0.3) is 0 Å². The lowest BCUT2D eigenvalue weighted by molar-refractivity contribution is -0.386. The van der Waals surface area contributed by atoms with Crippen molar-refractivity contribution in [2.75, 3.05) is 0 Å². The summed E-state index contributed by atoms with van der Waals surface area (Å²) in [5.74, 6) is 0. The van der Waals surface area contributed by atoms with E-state index in [1.807, 2.05) is 0 Å². The molecule has 0 fully saturated rings. The van der Waals surface area contributed by atoms with Gasteiger partial charge in [-0.05, 0) is 6.07 Å². The molecular weight excluding hydrogens is 321 g/mol. The molecule has 0 atom stereocenters. The highest BCUT2D eigenvalue weighted by atomic mass is 35.6. The van der Waals surface area contributed by atoms with Crippen molar-refractivity contribution in [3.05, 3.63) is 33.6 Å². The number of aromatic nitrogens is 1. The lowest BCUT2D eigenvalue weighted by Gasteiger charge is -2.13. The van der Waals surface area contributed by atoms with Crippen LogP contribution in [0.2, 0.25) is 0 Å². The fraction of sp³-hybridized carbons (Fsp3) is 0.286. The lowest BCUT2D eigenvalue weighted by Crippen LogP contribution is -2.09. The van der Waals surface area contributed by atoms with E-state index in [0.717, 1.165) is 0 Å². The van der Waals surface area contributed by atoms with E-state index in [9.17, 15) is 10.1 Å². The molecule has 0 aliphatic rings. The number of alkyl halides is 5. The largest absolute Gasteiger partial charge is 0.301 e. The van der Waals surface area contributed by atoms with Gasteiger partial charge < -0.3 is 0 Å². The zero-order valence-electron chi connectivity index (χ0n) is 7.33. The molecule has 0 aliphatic heterocycles. The SMILES string of the molecule is O=[N+]([O-])c1c(C(Cl)(Cl)Cl)ccnc1C(Cl)Cl. The standard InChI is InChI=1S/C7H3Cl5N2O2/c8-6(9)4-5(14(15)16)3(1-2-13-4)7(10,11)12/h1-2,6H. The summed E-state index contributed by atoms with van der Waals surface area (Å²) in [6, 6.07) is 1.23. The molecule has 1 rings (SSSR count). The Kier molecular flexibility index (Phi) is 4.49. The third-order valence-electron chi connectivity index (χ3n) is 1.65. The molecule has 4 nitrogen and oxygen atoms in total. The molecule has 16 heavy (non-hydrogen) atoms. The Morgan fingerprint density at radius 2 is 1.94 bits per heavy atom. The number of nitro groups is 1. The van der Waals surface area contributed by atoms with Crippen molar-refractivity contribution < 1.29 is 4.92 Å². The van der Waals surface area contributed by atoms with Crippen molar-refractivity contribution in [1.82, 2.24) is 4.98 Å². The molecule has 0 amide bonds. The summed E-state index contributed by atoms with van der Waals surface area (Å²) in [5, 5.41) is 10.9. The van der Waals surface area contributed by atoms with Crippen LogP contribution in [0.15, 0.2) is 12.3 Å². The summed E-state index contributed by atoms with van der Waals surface area (Å²) >= 11 is 27.9. The number of hydrogen-bond donors (Lipinski definition) is 0. The van der Waals surface area contributed by atoms with Gasteiger partial charge in [0.25, 0.3) is 0 Å². The zero-order chi connectivity index (χ0) is 12.5. The van der Waals surface area contributed by atoms with Crippen molar-refractivity contribution in [2.24, 2.45) is 0 Å². The second kappa shape index (κ2) is 5.10. The van der Waals surface area contributed by atoms with Gasteiger partial charge in [0.05, 0.1) is 10.5 Å². The predicted octanol–water partition coefficient (Wildman–Crippen LogP) is 4.29. The predicted molar refractivity (Wildman–Crippen MR) is 64.6 cm³/mol. The van der Waals surface area contributed by atoms with E-state index >= 15 is 0 Å². The van der Waals surface area contributed by atoms with Crippen LogP contribution in [0, 0.1) is 10.1 Å². The topological polar surface area (TPSA) is 56.0 Å². The molecule has 0 spiro atoms. The highest BCUT2D eigenvalue weighted by Crippen LogP contribution is 2.45. The quantitative estimate of drug-likeness (QED) is 0.463. The normalized spacial score (nSPS) is 11.9. The van der Waals surface area contributed by atoms with Gasteiger partial charge in [0, 0.05) is 6.20 Å². The van der Waals surface area contributed by atoms with Gasteiger partial charge in [-0.15, -0.1) is 0 Å². The van der Waals surface area contributed by atoms with Crippen molar-refractivity contribution in [1.29, 1.82) is 0 Å². The maximum Gasteiger partial charge on any atom is 0.301 e. The highest BCUT2D eigenvalue weighted by Gasteiger charge is 2.35. The molecule has 1 aromatic heterocycles. The van der Waals surface area contributed by atoms with Crippen molar-refractivity contribution in [2.45, 2.75) is 8.63 Å². The first-order valence-corrected chi connectivity index (χ1v) is 5.74. The van der Waals surface area contributed by atoms with Gasteiger partial charge in [0.2, 0.25) is 3.79 Å². The molecular formula is C7H3Cl5N2O2. The molecule has 0 radical (unpaired) electrons. The van der Waals surface area contributed by atoms with Gasteiger partial charge >= 0.3 is 5.69 Å². The molecule has 0 N–H and O–H groups in total. The summed E-state index contributed by atoms with van der Waals surface area (Å²) in [6.07, 6.45) is 1.23. The van der Waals surface area contributed by atoms with E-state index in [1.165, 1.54) is 12.3 Å². The van der Waals surface area contributed by atoms with Crippen LogP contribution in [0.3, 0.4) is 0 Å². The van der Waals surface area contributed by atoms with Gasteiger partial charge in [0.15, 0.2) is 10.5 Å². The van der Waals surface area contributed by atoms with Gasteiger partial charge in [-0.1, -0.05) is 58.0 Å². The van der Waals surface area contributed by atoms with E-state index in [2.05, 4.69) is 4.98 Å². The van der Waals surface area contributed by atoms with E-state index in [1.54, 1.807) is 0 Å². The van der Waals surface area contributed by atoms with Crippen LogP contribution in [0.1, 0.15) is 16.1 Å². The molecule has 0 unspecified atom stereocenters. The number of hydrogen-bond acceptors (Lipinski definition) is 3. The Morgan fingerprint density at radius 3 is 2.31 bits per heavy atom. The molecule has 1 aromatic rings. The first-order chi connectivity index (χ1) is 7.25. The first kappa shape index (κ1) is 14.1. The van der Waals surface area contributed by atoms with Crippen LogP contribution < -0.4 is 0 Å². The molecule has 9 heteroatoms. The Morgan fingerprint density at radius 1 is 1.38 bits per heavy atom. The molecule has 88 valence electrons. The van der Waals surface area contributed by atoms with Crippen molar-refractivity contribution >= 4 is 63.7 Å². The fourth-order valence-corrected chi connectivity index (χ4v) is 1.83. The van der Waals surface area contributed by atoms with Crippen LogP contribution in [0.4, 0.5) is 5.69 Å². The van der Waals surface area contributed by atoms with Gasteiger partial charge in [0.1, 0.15) is 0 Å². The number of halogens is 5. The minimum Gasteiger partial charge on any atom is -0.258 e. The molecule has 0 aliphatic carbocycles. The summed E-state index contributed by atoms with van der Waals surface area (Å²) in [4.78, 5) is 12.6. The van der Waals surface area contributed by atoms with Crippen LogP contribution in [-0.4, -0.2) is 9.91 Å². The summed E-state index contributed by atoms with van der Waals surface area (Å²) < 4.78 is -1.94. The minimum absolute atomic E-state index is 0.126. The third-order valence-corrected chi connectivity index (χ3v) is 2.67. The fourth-order valence-electron chi connectivity index (χ4n) is 1.05. The number of nitrogens with zero attached hydrogens (tertiary/aromatic N) is 2. The van der Waals surface area contributed by atoms with Gasteiger partial charge in [-0.2, -0.15) is 0 Å². The Hall–Kier alpha value is -0.000000000000000111. The van der Waals surface area contributed by atoms with Gasteiger partial charge in [-0.25, -0.2) is 0 Å². The first-order valence-electron chi connectivity index (χ1n) is 3.73. The monoisotopic (exact) mass is 322 g/mol. The second-order valence-corrected chi connectivity index (χ2v) is 6.03. The molecule has 0 bridgehead atoms. The Labute approximate surface area is 116 Å². The van der Waals surface area contributed by atoms with Crippen molar-refractivity contribution in [3.63, 3.8) is 0 Å². The Bertz CT molecular complexity index is 418. The van der Waals surface area contributed by atoms with Crippen LogP contribution in [0.5, 0.6) is 0 Å². The maximum atomic E-state index is 10.9. The summed E-state index contributed by atoms with van der Waals surface area (Å²) in [6.45, 7) is 0. The minimum atomic E-state index is -1.94. The Balaban J connectivity index is 3.52. The highest BCUT2D eigenvalue weighted by molar-refractivity contribution is 6.67. The number of pyridine rings is 1. The average molecular weight is 324 g/mol. The summed E-state index contributed by atoms with van der Waals surface area (Å²) in [7, 11) is 0. The molecule has 0 saturated carbocycles. The van der Waals surface area contributed by atoms with E-state index in [0.29, 0.717) is 0 Å². The lowest BCUT2D eigenvalue weighted by atomic mass is 10.2. The third kappa shape index (κ3) is 3.02. The van der Waals surface area contributed by atoms with Crippen LogP contribution >= 0.6 is 58.0 Å². The van der Waals surface area contributed by atoms with Crippen molar-refractivity contribution in [3.8, 4) is 0 Å². The maximum absolute atomic E-state index is 10.9. The van der Waals surface area contributed by atoms with E-state index in [4.69, 9.17) is 58.0 Å². The average Bonchev–Trinajstić information content (AvgIpc) is 2.14. The van der Waals surface area contributed by atoms with E-state index in [-0.39, 0.29) is 11.3 Å². The molecule has 1 heterocycles. The zero-order valence-corrected chi connectivity index (χ0v) is 11.1. The van der Waals surface area contributed by atoms with Gasteiger partial charge in [-0.3, -0.25) is 15.1 Å². The summed E-state index contributed by atoms with van der Waals surface area (Å²) in [5.41, 5.74) is -0.770. The molecule has 0 aromatic carbocycles. The number of rotatable bonds is 2. The van der Waals surface area contributed by atoms with Crippen LogP contribution in [-0.2, 0) is 3.79 Å². The smallest absolute Gasteiger partial charge is 0.258 e.